The Morgan fingerprint density at radius 1 is 1.00 bits per heavy atom. The minimum Gasteiger partial charge on any atom is -0.311 e. The maximum Gasteiger partial charge on any atom is 0.240 e. The van der Waals surface area contributed by atoms with Gasteiger partial charge in [-0.2, -0.15) is 0 Å². The van der Waals surface area contributed by atoms with Crippen LogP contribution in [0.15, 0.2) is 23.1 Å². The first-order chi connectivity index (χ1) is 10.6. The molecule has 0 aromatic heterocycles. The number of piperidine rings is 1. The second kappa shape index (κ2) is 6.71. The summed E-state index contributed by atoms with van der Waals surface area (Å²) in [6.07, 6.45) is 8.68. The molecule has 2 unspecified atom stereocenters. The number of hydrogen-bond donors (Lipinski definition) is 2. The van der Waals surface area contributed by atoms with E-state index in [0.717, 1.165) is 25.7 Å². The van der Waals surface area contributed by atoms with E-state index in [4.69, 9.17) is 0 Å². The standard InChI is InChI=1S/C17H24N2O2S.ClH/c20-22(21,19-16-10-14-6-7-15(11-16)18-14)17-8-5-12-3-1-2-4-13(12)9-17;/h5,8-9,14-16,18-19H,1-4,6-7,10-11H2;1H. The Labute approximate surface area is 144 Å². The highest BCUT2D eigenvalue weighted by atomic mass is 35.5. The Balaban J connectivity index is 0.00000156. The van der Waals surface area contributed by atoms with E-state index < -0.39 is 10.0 Å². The molecule has 4 rings (SSSR count). The van der Waals surface area contributed by atoms with Gasteiger partial charge in [0.1, 0.15) is 0 Å². The fourth-order valence-corrected chi connectivity index (χ4v) is 5.63. The SMILES string of the molecule is Cl.O=S(=O)(NC1CC2CCC(C1)N2)c1ccc2c(c1)CCCC2. The molecule has 2 heterocycles. The predicted octanol–water partition coefficient (Wildman–Crippen LogP) is 2.55. The maximum atomic E-state index is 12.7. The van der Waals surface area contributed by atoms with Crippen molar-refractivity contribution >= 4 is 22.4 Å². The van der Waals surface area contributed by atoms with Gasteiger partial charge in [0.05, 0.1) is 4.90 Å². The summed E-state index contributed by atoms with van der Waals surface area (Å²) in [7, 11) is -3.39. The van der Waals surface area contributed by atoms with Crippen LogP contribution in [0.2, 0.25) is 0 Å². The molecule has 23 heavy (non-hydrogen) atoms. The summed E-state index contributed by atoms with van der Waals surface area (Å²) in [6, 6.07) is 6.76. The highest BCUT2D eigenvalue weighted by Crippen LogP contribution is 2.28. The zero-order valence-corrected chi connectivity index (χ0v) is 14.9. The normalized spacial score (nSPS) is 29.7. The molecule has 2 aliphatic heterocycles. The van der Waals surface area contributed by atoms with Crippen molar-refractivity contribution < 1.29 is 8.42 Å². The number of nitrogens with one attached hydrogen (secondary N) is 2. The average molecular weight is 357 g/mol. The third-order valence-corrected chi connectivity index (χ3v) is 6.94. The smallest absolute Gasteiger partial charge is 0.240 e. The van der Waals surface area contributed by atoms with Crippen LogP contribution in [-0.2, 0) is 22.9 Å². The molecule has 2 fully saturated rings. The first kappa shape index (κ1) is 17.2. The number of halogens is 1. The number of sulfonamides is 1. The second-order valence-corrected chi connectivity index (χ2v) is 8.78. The number of rotatable bonds is 3. The lowest BCUT2D eigenvalue weighted by Crippen LogP contribution is -2.47. The molecule has 1 aromatic carbocycles. The van der Waals surface area contributed by atoms with Crippen LogP contribution in [-0.4, -0.2) is 26.5 Å². The van der Waals surface area contributed by atoms with E-state index in [-0.39, 0.29) is 18.4 Å². The largest absolute Gasteiger partial charge is 0.311 e. The third kappa shape index (κ3) is 3.58. The van der Waals surface area contributed by atoms with Crippen molar-refractivity contribution in [1.82, 2.24) is 10.0 Å². The van der Waals surface area contributed by atoms with E-state index in [9.17, 15) is 8.42 Å². The molecule has 128 valence electrons. The molecule has 3 aliphatic rings. The molecule has 2 saturated heterocycles. The highest BCUT2D eigenvalue weighted by molar-refractivity contribution is 7.89. The summed E-state index contributed by atoms with van der Waals surface area (Å²) in [5.41, 5.74) is 2.55. The van der Waals surface area contributed by atoms with Crippen molar-refractivity contribution in [3.63, 3.8) is 0 Å². The van der Waals surface area contributed by atoms with Gasteiger partial charge in [0.15, 0.2) is 0 Å². The van der Waals surface area contributed by atoms with Gasteiger partial charge in [0.25, 0.3) is 0 Å². The zero-order valence-electron chi connectivity index (χ0n) is 13.3. The molecule has 0 saturated carbocycles. The van der Waals surface area contributed by atoms with E-state index in [1.807, 2.05) is 12.1 Å². The monoisotopic (exact) mass is 356 g/mol. The molecular formula is C17H25ClN2O2S. The van der Waals surface area contributed by atoms with Gasteiger partial charge >= 0.3 is 0 Å². The van der Waals surface area contributed by atoms with E-state index in [2.05, 4.69) is 10.0 Å². The summed E-state index contributed by atoms with van der Waals surface area (Å²) in [6.45, 7) is 0. The lowest BCUT2D eigenvalue weighted by atomic mass is 9.92. The van der Waals surface area contributed by atoms with Crippen molar-refractivity contribution in [2.45, 2.75) is 74.4 Å². The Morgan fingerprint density at radius 3 is 2.35 bits per heavy atom. The van der Waals surface area contributed by atoms with Crippen molar-refractivity contribution in [3.05, 3.63) is 29.3 Å². The van der Waals surface area contributed by atoms with Crippen LogP contribution in [0.4, 0.5) is 0 Å². The Hall–Kier alpha value is -0.620. The minimum atomic E-state index is -3.39. The van der Waals surface area contributed by atoms with Crippen LogP contribution in [0.3, 0.4) is 0 Å². The molecule has 2 atom stereocenters. The predicted molar refractivity (Wildman–Crippen MR) is 93.6 cm³/mol. The molecule has 1 aromatic rings. The van der Waals surface area contributed by atoms with Crippen molar-refractivity contribution in [2.24, 2.45) is 0 Å². The van der Waals surface area contributed by atoms with Crippen LogP contribution in [0.1, 0.15) is 49.7 Å². The van der Waals surface area contributed by atoms with Crippen molar-refractivity contribution in [1.29, 1.82) is 0 Å². The van der Waals surface area contributed by atoms with E-state index in [0.29, 0.717) is 17.0 Å². The fraction of sp³-hybridized carbons (Fsp3) is 0.647. The van der Waals surface area contributed by atoms with Crippen LogP contribution in [0, 0.1) is 0 Å². The van der Waals surface area contributed by atoms with Crippen molar-refractivity contribution in [3.8, 4) is 0 Å². The first-order valence-electron chi connectivity index (χ1n) is 8.50. The molecule has 0 spiro atoms. The fourth-order valence-electron chi connectivity index (χ4n) is 4.32. The number of hydrogen-bond acceptors (Lipinski definition) is 3. The quantitative estimate of drug-likeness (QED) is 0.875. The summed E-state index contributed by atoms with van der Waals surface area (Å²) < 4.78 is 28.3. The van der Waals surface area contributed by atoms with Gasteiger partial charge in [0.2, 0.25) is 10.0 Å². The third-order valence-electron chi connectivity index (χ3n) is 5.43. The van der Waals surface area contributed by atoms with Crippen LogP contribution < -0.4 is 10.0 Å². The van der Waals surface area contributed by atoms with Gasteiger partial charge in [-0.15, -0.1) is 12.4 Å². The van der Waals surface area contributed by atoms with E-state index in [1.165, 1.54) is 36.8 Å². The van der Waals surface area contributed by atoms with E-state index in [1.54, 1.807) is 6.07 Å². The van der Waals surface area contributed by atoms with Crippen molar-refractivity contribution in [2.75, 3.05) is 0 Å². The van der Waals surface area contributed by atoms with E-state index >= 15 is 0 Å². The van der Waals surface area contributed by atoms with Gasteiger partial charge in [-0.05, 0) is 74.6 Å². The number of benzene rings is 1. The van der Waals surface area contributed by atoms with Gasteiger partial charge in [-0.3, -0.25) is 0 Å². The maximum absolute atomic E-state index is 12.7. The summed E-state index contributed by atoms with van der Waals surface area (Å²) in [5, 5.41) is 3.55. The summed E-state index contributed by atoms with van der Waals surface area (Å²) in [5.74, 6) is 0. The van der Waals surface area contributed by atoms with Gasteiger partial charge in [0, 0.05) is 18.1 Å². The first-order valence-corrected chi connectivity index (χ1v) is 9.99. The lowest BCUT2D eigenvalue weighted by Gasteiger charge is -2.29. The molecule has 0 radical (unpaired) electrons. The topological polar surface area (TPSA) is 58.2 Å². The molecule has 1 aliphatic carbocycles. The molecule has 4 nitrogen and oxygen atoms in total. The average Bonchev–Trinajstić information content (AvgIpc) is 2.85. The second-order valence-electron chi connectivity index (χ2n) is 7.07. The molecule has 6 heteroatoms. The van der Waals surface area contributed by atoms with Crippen LogP contribution in [0.25, 0.3) is 0 Å². The summed E-state index contributed by atoms with van der Waals surface area (Å²) in [4.78, 5) is 0.444. The molecular weight excluding hydrogens is 332 g/mol. The van der Waals surface area contributed by atoms with Gasteiger partial charge in [-0.25, -0.2) is 13.1 Å². The number of fused-ring (bicyclic) bond motifs is 3. The highest BCUT2D eigenvalue weighted by Gasteiger charge is 2.35. The lowest BCUT2D eigenvalue weighted by molar-refractivity contribution is 0.345. The number of aryl methyl sites for hydroxylation is 2. The Bertz CT molecular complexity index is 665. The molecule has 0 amide bonds. The van der Waals surface area contributed by atoms with Crippen LogP contribution >= 0.6 is 12.4 Å². The van der Waals surface area contributed by atoms with Gasteiger partial charge in [-0.1, -0.05) is 6.07 Å². The Morgan fingerprint density at radius 2 is 1.65 bits per heavy atom. The van der Waals surface area contributed by atoms with Crippen LogP contribution in [0.5, 0.6) is 0 Å². The van der Waals surface area contributed by atoms with Gasteiger partial charge < -0.3 is 5.32 Å². The molecule has 2 bridgehead atoms. The Kier molecular flexibility index (Phi) is 5.02. The molecule has 2 N–H and O–H groups in total. The minimum absolute atomic E-state index is 0. The zero-order chi connectivity index (χ0) is 15.2. The summed E-state index contributed by atoms with van der Waals surface area (Å²) >= 11 is 0.